The number of fused-ring (bicyclic) bond motifs is 1. The summed E-state index contributed by atoms with van der Waals surface area (Å²) in [4.78, 5) is 2.30. The Hall–Kier alpha value is -1.72. The highest BCUT2D eigenvalue weighted by molar-refractivity contribution is 5.44. The van der Waals surface area contributed by atoms with E-state index in [4.69, 9.17) is 0 Å². The van der Waals surface area contributed by atoms with Crippen molar-refractivity contribution >= 4 is 11.5 Å². The summed E-state index contributed by atoms with van der Waals surface area (Å²) in [6.07, 6.45) is 6.51. The minimum Gasteiger partial charge on any atom is -0.355 e. The van der Waals surface area contributed by atoms with Crippen LogP contribution >= 0.6 is 0 Å². The summed E-state index contributed by atoms with van der Waals surface area (Å²) in [7, 11) is 2.14. The smallest absolute Gasteiger partial charge is 0.200 e. The molecule has 0 unspecified atom stereocenters. The molecule has 0 spiro atoms. The highest BCUT2D eigenvalue weighted by atomic mass is 15.6. The predicted octanol–water partition coefficient (Wildman–Crippen LogP) is 1.92. The molecule has 2 aromatic rings. The van der Waals surface area contributed by atoms with Crippen molar-refractivity contribution in [2.75, 3.05) is 11.9 Å². The largest absolute Gasteiger partial charge is 0.355 e. The molecule has 2 heterocycles. The fourth-order valence-electron chi connectivity index (χ4n) is 3.17. The first kappa shape index (κ1) is 12.3. The molecule has 0 bridgehead atoms. The number of tetrazole rings is 1. The maximum Gasteiger partial charge on any atom is 0.200 e. The lowest BCUT2D eigenvalue weighted by Gasteiger charge is -2.38. The molecule has 102 valence electrons. The van der Waals surface area contributed by atoms with E-state index in [0.717, 1.165) is 11.7 Å². The predicted molar refractivity (Wildman–Crippen MR) is 73.0 cm³/mol. The van der Waals surface area contributed by atoms with Crippen molar-refractivity contribution in [2.45, 2.75) is 45.1 Å². The number of hydrogen-bond acceptors (Lipinski definition) is 5. The van der Waals surface area contributed by atoms with Crippen molar-refractivity contribution in [3.05, 3.63) is 12.1 Å². The van der Waals surface area contributed by atoms with Gasteiger partial charge in [0.15, 0.2) is 11.5 Å². The lowest BCUT2D eigenvalue weighted by molar-refractivity contribution is 0.291. The number of anilines is 1. The Kier molecular flexibility index (Phi) is 3.31. The summed E-state index contributed by atoms with van der Waals surface area (Å²) in [6.45, 7) is 2.29. The molecule has 1 aliphatic carbocycles. The number of nitrogens with zero attached hydrogens (tertiary/aromatic N) is 6. The molecule has 0 amide bonds. The highest BCUT2D eigenvalue weighted by Crippen LogP contribution is 2.31. The quantitative estimate of drug-likeness (QED) is 0.844. The van der Waals surface area contributed by atoms with Gasteiger partial charge in [-0.15, -0.1) is 14.8 Å². The maximum absolute atomic E-state index is 4.49. The van der Waals surface area contributed by atoms with E-state index in [-0.39, 0.29) is 0 Å². The molecule has 0 aromatic carbocycles. The SMILES string of the molecule is CC[C@H]1CCCC[C@@H]1N(C)c1ccc2nnnn2n1. The molecule has 3 rings (SSSR count). The molecule has 6 heteroatoms. The Labute approximate surface area is 112 Å². The average molecular weight is 260 g/mol. The third-order valence-corrected chi connectivity index (χ3v) is 4.31. The molecule has 1 fully saturated rings. The van der Waals surface area contributed by atoms with Gasteiger partial charge in [0, 0.05) is 13.1 Å². The molecule has 1 saturated carbocycles. The fourth-order valence-corrected chi connectivity index (χ4v) is 3.17. The molecule has 6 nitrogen and oxygen atoms in total. The first-order chi connectivity index (χ1) is 9.29. The second kappa shape index (κ2) is 5.11. The van der Waals surface area contributed by atoms with Crippen LogP contribution in [0.15, 0.2) is 12.1 Å². The van der Waals surface area contributed by atoms with Crippen LogP contribution in [0.25, 0.3) is 5.65 Å². The van der Waals surface area contributed by atoms with Crippen molar-refractivity contribution in [2.24, 2.45) is 5.92 Å². The summed E-state index contributed by atoms with van der Waals surface area (Å²) >= 11 is 0. The zero-order chi connectivity index (χ0) is 13.2. The standard InChI is InChI=1S/C13H20N6/c1-3-10-6-4-5-7-11(10)18(2)13-9-8-12-14-16-17-19(12)15-13/h8-11H,3-7H2,1-2H3/t10-,11-/m0/s1. The van der Waals surface area contributed by atoms with E-state index in [1.165, 1.54) is 36.7 Å². The van der Waals surface area contributed by atoms with E-state index in [1.54, 1.807) is 0 Å². The Morgan fingerprint density at radius 3 is 3.00 bits per heavy atom. The van der Waals surface area contributed by atoms with E-state index in [1.807, 2.05) is 12.1 Å². The van der Waals surface area contributed by atoms with Crippen LogP contribution < -0.4 is 4.90 Å². The highest BCUT2D eigenvalue weighted by Gasteiger charge is 2.27. The van der Waals surface area contributed by atoms with Crippen LogP contribution in [0.4, 0.5) is 5.82 Å². The van der Waals surface area contributed by atoms with Crippen molar-refractivity contribution in [3.63, 3.8) is 0 Å². The topological polar surface area (TPSA) is 59.2 Å². The van der Waals surface area contributed by atoms with Crippen LogP contribution in [0, 0.1) is 5.92 Å². The van der Waals surface area contributed by atoms with Gasteiger partial charge in [-0.2, -0.15) is 0 Å². The molecule has 2 aromatic heterocycles. The molecule has 19 heavy (non-hydrogen) atoms. The summed E-state index contributed by atoms with van der Waals surface area (Å²) in [6, 6.07) is 4.51. The van der Waals surface area contributed by atoms with Crippen molar-refractivity contribution in [1.29, 1.82) is 0 Å². The van der Waals surface area contributed by atoms with Crippen LogP contribution in [0.2, 0.25) is 0 Å². The number of rotatable bonds is 3. The summed E-state index contributed by atoms with van der Waals surface area (Å²) in [5.74, 6) is 1.72. The first-order valence-corrected chi connectivity index (χ1v) is 7.08. The summed E-state index contributed by atoms with van der Waals surface area (Å²) < 4.78 is 1.50. The van der Waals surface area contributed by atoms with Gasteiger partial charge in [-0.25, -0.2) is 0 Å². The van der Waals surface area contributed by atoms with Crippen LogP contribution in [-0.4, -0.2) is 38.3 Å². The van der Waals surface area contributed by atoms with Gasteiger partial charge in [0.2, 0.25) is 0 Å². The molecule has 2 atom stereocenters. The second-order valence-electron chi connectivity index (χ2n) is 5.35. The van der Waals surface area contributed by atoms with Crippen LogP contribution in [-0.2, 0) is 0 Å². The molecule has 0 N–H and O–H groups in total. The van der Waals surface area contributed by atoms with Gasteiger partial charge in [0.25, 0.3) is 0 Å². The minimum atomic E-state index is 0.584. The Morgan fingerprint density at radius 1 is 1.32 bits per heavy atom. The van der Waals surface area contributed by atoms with E-state index in [9.17, 15) is 0 Å². The third kappa shape index (κ3) is 2.27. The van der Waals surface area contributed by atoms with Gasteiger partial charge < -0.3 is 4.90 Å². The van der Waals surface area contributed by atoms with Gasteiger partial charge in [0.05, 0.1) is 0 Å². The van der Waals surface area contributed by atoms with E-state index < -0.39 is 0 Å². The lowest BCUT2D eigenvalue weighted by Crippen LogP contribution is -2.40. The monoisotopic (exact) mass is 260 g/mol. The van der Waals surface area contributed by atoms with Gasteiger partial charge in [-0.3, -0.25) is 0 Å². The lowest BCUT2D eigenvalue weighted by atomic mass is 9.82. The summed E-state index contributed by atoms with van der Waals surface area (Å²) in [5, 5.41) is 15.9. The Bertz CT molecular complexity index is 551. The van der Waals surface area contributed by atoms with E-state index >= 15 is 0 Å². The number of aromatic nitrogens is 5. The van der Waals surface area contributed by atoms with Gasteiger partial charge in [-0.1, -0.05) is 26.2 Å². The molecular formula is C13H20N6. The minimum absolute atomic E-state index is 0.584. The molecular weight excluding hydrogens is 240 g/mol. The third-order valence-electron chi connectivity index (χ3n) is 4.31. The summed E-state index contributed by atoms with van der Waals surface area (Å²) in [5.41, 5.74) is 0.688. The molecule has 0 radical (unpaired) electrons. The molecule has 0 aliphatic heterocycles. The maximum atomic E-state index is 4.49. The Morgan fingerprint density at radius 2 is 2.16 bits per heavy atom. The van der Waals surface area contributed by atoms with E-state index in [2.05, 4.69) is 39.5 Å². The van der Waals surface area contributed by atoms with Crippen LogP contribution in [0.1, 0.15) is 39.0 Å². The van der Waals surface area contributed by atoms with Gasteiger partial charge in [-0.05, 0) is 41.3 Å². The van der Waals surface area contributed by atoms with Crippen molar-refractivity contribution in [3.8, 4) is 0 Å². The zero-order valence-electron chi connectivity index (χ0n) is 11.5. The van der Waals surface area contributed by atoms with Crippen LogP contribution in [0.3, 0.4) is 0 Å². The van der Waals surface area contributed by atoms with Gasteiger partial charge in [0.1, 0.15) is 0 Å². The zero-order valence-corrected chi connectivity index (χ0v) is 11.5. The van der Waals surface area contributed by atoms with Crippen molar-refractivity contribution < 1.29 is 0 Å². The van der Waals surface area contributed by atoms with E-state index in [0.29, 0.717) is 11.7 Å². The first-order valence-electron chi connectivity index (χ1n) is 7.08. The van der Waals surface area contributed by atoms with Crippen molar-refractivity contribution in [1.82, 2.24) is 25.3 Å². The fraction of sp³-hybridized carbons (Fsp3) is 0.692. The molecule has 0 saturated heterocycles. The van der Waals surface area contributed by atoms with Gasteiger partial charge >= 0.3 is 0 Å². The Balaban J connectivity index is 1.86. The van der Waals surface area contributed by atoms with Crippen LogP contribution in [0.5, 0.6) is 0 Å². The normalized spacial score (nSPS) is 23.7. The second-order valence-corrected chi connectivity index (χ2v) is 5.35. The average Bonchev–Trinajstić information content (AvgIpc) is 2.93. The number of hydrogen-bond donors (Lipinski definition) is 0. The molecule has 1 aliphatic rings.